The van der Waals surface area contributed by atoms with Gasteiger partial charge in [0.05, 0.1) is 0 Å². The van der Waals surface area contributed by atoms with Crippen LogP contribution in [-0.2, 0) is 40.2 Å². The van der Waals surface area contributed by atoms with Crippen molar-refractivity contribution in [2.45, 2.75) is 0 Å². The Bertz CT molecular complexity index is 398. The molecule has 0 atom stereocenters. The Morgan fingerprint density at radius 3 is 0.857 bits per heavy atom. The van der Waals surface area contributed by atoms with Gasteiger partial charge in [0.15, 0.2) is 0 Å². The van der Waals surface area contributed by atoms with E-state index in [1.807, 2.05) is 0 Å². The second kappa shape index (κ2) is 17.1. The summed E-state index contributed by atoms with van der Waals surface area (Å²) in [6.45, 7) is 12.3. The minimum Gasteiger partial charge on any atom is -0.387 e. The van der Waals surface area contributed by atoms with Crippen molar-refractivity contribution in [3.63, 3.8) is 0 Å². The first-order valence-electron chi connectivity index (χ1n) is 4.75. The second-order valence-electron chi connectivity index (χ2n) is 2.36. The monoisotopic (exact) mass is 316 g/mol. The Hall–Kier alpha value is -2.94. The van der Waals surface area contributed by atoms with Gasteiger partial charge in [-0.3, -0.25) is 0 Å². The maximum atomic E-state index is 10.2. The van der Waals surface area contributed by atoms with Crippen molar-refractivity contribution < 1.29 is 37.1 Å². The topological polar surface area (TPSA) is 121 Å². The van der Waals surface area contributed by atoms with Gasteiger partial charge in [-0.2, -0.15) is 8.42 Å². The lowest BCUT2D eigenvalue weighted by atomic mass is 10.6. The summed E-state index contributed by atoms with van der Waals surface area (Å²) in [5.74, 6) is -3.06. The van der Waals surface area contributed by atoms with E-state index in [4.69, 9.17) is 8.42 Å². The van der Waals surface area contributed by atoms with Crippen molar-refractivity contribution in [2.75, 3.05) is 0 Å². The molecule has 0 aliphatic carbocycles. The lowest BCUT2D eigenvalue weighted by Crippen LogP contribution is -2.05. The van der Waals surface area contributed by atoms with Gasteiger partial charge in [-0.25, -0.2) is 19.2 Å². The average Bonchev–Trinajstić information content (AvgIpc) is 2.47. The molecule has 0 unspecified atom stereocenters. The predicted octanol–water partition coefficient (Wildman–Crippen LogP) is 0.186. The van der Waals surface area contributed by atoms with Gasteiger partial charge in [0.25, 0.3) is 0 Å². The van der Waals surface area contributed by atoms with Gasteiger partial charge in [0.2, 0.25) is 0 Å². The van der Waals surface area contributed by atoms with Crippen LogP contribution in [0.4, 0.5) is 0 Å². The molecule has 21 heavy (non-hydrogen) atoms. The van der Waals surface area contributed by atoms with Crippen LogP contribution in [0.2, 0.25) is 0 Å². The fraction of sp³-hybridized carbons (Fsp3) is 0. The van der Waals surface area contributed by atoms with Crippen molar-refractivity contribution in [1.29, 1.82) is 0 Å². The Kier molecular flexibility index (Phi) is 18.8. The summed E-state index contributed by atoms with van der Waals surface area (Å²) >= 11 is -0.750. The molecule has 8 nitrogen and oxygen atoms in total. The molecule has 0 amide bonds. The first kappa shape index (κ1) is 23.2. The summed E-state index contributed by atoms with van der Waals surface area (Å²) in [4.78, 5) is 40.7. The standard InChI is InChI=1S/2C6H6O3.O2S/c2*1-3-5(7)9-6(8)4-2;1-3-2/h2*3-4H,1-2H2;. The molecule has 9 heteroatoms. The molecule has 0 aromatic heterocycles. The van der Waals surface area contributed by atoms with E-state index in [9.17, 15) is 19.2 Å². The van der Waals surface area contributed by atoms with Gasteiger partial charge in [-0.15, -0.1) is 0 Å². The molecule has 0 radical (unpaired) electrons. The fourth-order valence-corrected chi connectivity index (χ4v) is 0.365. The highest BCUT2D eigenvalue weighted by Crippen LogP contribution is 1.81. The zero-order valence-corrected chi connectivity index (χ0v) is 11.6. The fourth-order valence-electron chi connectivity index (χ4n) is 0.365. The summed E-state index contributed by atoms with van der Waals surface area (Å²) in [5.41, 5.74) is 0. The highest BCUT2D eigenvalue weighted by atomic mass is 32.1. The Balaban J connectivity index is -0.000000260. The molecule has 0 aliphatic rings. The molecule has 0 aromatic rings. The predicted molar refractivity (Wildman–Crippen MR) is 71.9 cm³/mol. The number of carbonyl (C=O) groups excluding carboxylic acids is 4. The lowest BCUT2D eigenvalue weighted by Gasteiger charge is -1.90. The van der Waals surface area contributed by atoms with Crippen molar-refractivity contribution in [2.24, 2.45) is 0 Å². The maximum Gasteiger partial charge on any atom is 0.338 e. The van der Waals surface area contributed by atoms with Gasteiger partial charge in [0.1, 0.15) is 0 Å². The first-order valence-corrected chi connectivity index (χ1v) is 5.42. The van der Waals surface area contributed by atoms with E-state index >= 15 is 0 Å². The summed E-state index contributed by atoms with van der Waals surface area (Å²) in [6.07, 6.45) is 3.62. The molecule has 0 saturated heterocycles. The van der Waals surface area contributed by atoms with Gasteiger partial charge in [0, 0.05) is 24.3 Å². The van der Waals surface area contributed by atoms with E-state index < -0.39 is 35.4 Å². The van der Waals surface area contributed by atoms with Crippen LogP contribution in [0.25, 0.3) is 0 Å². The van der Waals surface area contributed by atoms with Crippen LogP contribution in [0, 0.1) is 0 Å². The number of rotatable bonds is 4. The highest BCUT2D eigenvalue weighted by molar-refractivity contribution is 7.51. The molecular weight excluding hydrogens is 304 g/mol. The van der Waals surface area contributed by atoms with Crippen LogP contribution in [0.1, 0.15) is 0 Å². The average molecular weight is 316 g/mol. The Labute approximate surface area is 124 Å². The van der Waals surface area contributed by atoms with Crippen LogP contribution in [-0.4, -0.2) is 32.3 Å². The summed E-state index contributed by atoms with van der Waals surface area (Å²) in [5, 5.41) is 0. The molecule has 0 bridgehead atoms. The highest BCUT2D eigenvalue weighted by Gasteiger charge is 2.00. The van der Waals surface area contributed by atoms with E-state index in [1.165, 1.54) is 0 Å². The minimum atomic E-state index is -0.764. The van der Waals surface area contributed by atoms with E-state index in [-0.39, 0.29) is 0 Å². The van der Waals surface area contributed by atoms with Crippen LogP contribution in [0.3, 0.4) is 0 Å². The number of ether oxygens (including phenoxy) is 2. The van der Waals surface area contributed by atoms with Crippen LogP contribution < -0.4 is 0 Å². The summed E-state index contributed by atoms with van der Waals surface area (Å²) < 4.78 is 24.7. The van der Waals surface area contributed by atoms with Gasteiger partial charge in [-0.05, 0) is 0 Å². The molecule has 0 spiro atoms. The number of hydrogen-bond acceptors (Lipinski definition) is 8. The van der Waals surface area contributed by atoms with Gasteiger partial charge in [-0.1, -0.05) is 26.3 Å². The maximum absolute atomic E-state index is 10.2. The first-order chi connectivity index (χ1) is 9.82. The second-order valence-corrected chi connectivity index (χ2v) is 2.50. The number of hydrogen-bond donors (Lipinski definition) is 0. The van der Waals surface area contributed by atoms with Crippen LogP contribution in [0.15, 0.2) is 50.6 Å². The molecule has 0 aliphatic heterocycles. The van der Waals surface area contributed by atoms with E-state index in [2.05, 4.69) is 35.8 Å². The van der Waals surface area contributed by atoms with E-state index in [1.54, 1.807) is 0 Å². The Morgan fingerprint density at radius 2 is 0.762 bits per heavy atom. The molecule has 0 saturated carbocycles. The van der Waals surface area contributed by atoms with E-state index in [0.717, 1.165) is 24.3 Å². The zero-order valence-electron chi connectivity index (χ0n) is 10.8. The molecule has 0 fully saturated rings. The molecule has 0 heterocycles. The normalized spacial score (nSPS) is 7.05. The van der Waals surface area contributed by atoms with Gasteiger partial charge >= 0.3 is 35.4 Å². The number of esters is 4. The van der Waals surface area contributed by atoms with Crippen molar-refractivity contribution in [3.05, 3.63) is 50.6 Å². The lowest BCUT2D eigenvalue weighted by molar-refractivity contribution is -0.154. The zero-order chi connectivity index (χ0) is 17.3. The van der Waals surface area contributed by atoms with E-state index in [0.29, 0.717) is 0 Å². The minimum absolute atomic E-state index is 0.750. The van der Waals surface area contributed by atoms with Crippen molar-refractivity contribution in [3.8, 4) is 0 Å². The van der Waals surface area contributed by atoms with Gasteiger partial charge < -0.3 is 9.47 Å². The third-order valence-electron chi connectivity index (χ3n) is 1.07. The molecule has 114 valence electrons. The van der Waals surface area contributed by atoms with Crippen molar-refractivity contribution >= 4 is 35.4 Å². The SMILES string of the molecule is C=CC(=O)OC(=O)C=C.C=CC(=O)OC(=O)C=C.O=S=O. The van der Waals surface area contributed by atoms with Crippen LogP contribution in [0.5, 0.6) is 0 Å². The summed E-state index contributed by atoms with van der Waals surface area (Å²) in [6, 6.07) is 0. The molecule has 0 aromatic carbocycles. The third kappa shape index (κ3) is 22.7. The summed E-state index contributed by atoms with van der Waals surface area (Å²) in [7, 11) is 0. The van der Waals surface area contributed by atoms with Crippen LogP contribution >= 0.6 is 0 Å². The quantitative estimate of drug-likeness (QED) is 0.409. The number of carbonyl (C=O) groups is 4. The Morgan fingerprint density at radius 1 is 0.619 bits per heavy atom. The third-order valence-corrected chi connectivity index (χ3v) is 1.07. The largest absolute Gasteiger partial charge is 0.387 e. The smallest absolute Gasteiger partial charge is 0.338 e. The van der Waals surface area contributed by atoms with Crippen molar-refractivity contribution in [1.82, 2.24) is 0 Å². The molecule has 0 N–H and O–H groups in total. The molecule has 0 rings (SSSR count). The molecular formula is C12H12O8S.